The topological polar surface area (TPSA) is 61.0 Å². The van der Waals surface area contributed by atoms with Gasteiger partial charge in [-0.05, 0) is 44.2 Å². The second kappa shape index (κ2) is 5.72. The van der Waals surface area contributed by atoms with Gasteiger partial charge in [0.15, 0.2) is 5.69 Å². The molecule has 0 radical (unpaired) electrons. The highest BCUT2D eigenvalue weighted by Gasteiger charge is 2.31. The van der Waals surface area contributed by atoms with Crippen LogP contribution in [-0.2, 0) is 0 Å². The molecule has 1 aromatic carbocycles. The van der Waals surface area contributed by atoms with Gasteiger partial charge in [-0.25, -0.2) is 0 Å². The third kappa shape index (κ3) is 2.39. The van der Waals surface area contributed by atoms with E-state index >= 15 is 0 Å². The van der Waals surface area contributed by atoms with E-state index in [1.807, 2.05) is 29.2 Å². The molecule has 2 N–H and O–H groups in total. The van der Waals surface area contributed by atoms with Crippen molar-refractivity contribution < 1.29 is 4.79 Å². The lowest BCUT2D eigenvalue weighted by Crippen LogP contribution is -2.43. The van der Waals surface area contributed by atoms with Gasteiger partial charge in [0, 0.05) is 24.5 Å². The molecule has 0 saturated carbocycles. The van der Waals surface area contributed by atoms with Gasteiger partial charge in [-0.1, -0.05) is 18.2 Å². The van der Waals surface area contributed by atoms with Gasteiger partial charge in [-0.3, -0.25) is 9.89 Å². The van der Waals surface area contributed by atoms with Gasteiger partial charge in [0.2, 0.25) is 0 Å². The number of nitrogens with zero attached hydrogens (tertiary/aromatic N) is 2. The molecule has 116 valence electrons. The molecule has 2 fully saturated rings. The Morgan fingerprint density at radius 1 is 1.18 bits per heavy atom. The van der Waals surface area contributed by atoms with Gasteiger partial charge in [0.1, 0.15) is 0 Å². The summed E-state index contributed by atoms with van der Waals surface area (Å²) >= 11 is 0. The molecule has 0 aliphatic carbocycles. The van der Waals surface area contributed by atoms with E-state index in [0.29, 0.717) is 11.7 Å². The van der Waals surface area contributed by atoms with Crippen LogP contribution in [0.5, 0.6) is 0 Å². The minimum Gasteiger partial charge on any atom is -0.337 e. The zero-order valence-electron chi connectivity index (χ0n) is 12.7. The third-order valence-electron chi connectivity index (χ3n) is 5.17. The Kier molecular flexibility index (Phi) is 3.58. The first kappa shape index (κ1) is 13.8. The van der Waals surface area contributed by atoms with Crippen LogP contribution < -0.4 is 5.32 Å². The summed E-state index contributed by atoms with van der Waals surface area (Å²) in [7, 11) is 0. The Morgan fingerprint density at radius 3 is 2.77 bits per heavy atom. The summed E-state index contributed by atoms with van der Waals surface area (Å²) in [5.41, 5.74) is 1.49. The van der Waals surface area contributed by atoms with Gasteiger partial charge in [0.25, 0.3) is 5.91 Å². The first-order valence-electron chi connectivity index (χ1n) is 8.29. The van der Waals surface area contributed by atoms with Crippen molar-refractivity contribution in [3.63, 3.8) is 0 Å². The first-order chi connectivity index (χ1) is 10.8. The Morgan fingerprint density at radius 2 is 2.00 bits per heavy atom. The van der Waals surface area contributed by atoms with Crippen LogP contribution in [-0.4, -0.2) is 46.7 Å². The van der Waals surface area contributed by atoms with Crippen molar-refractivity contribution in [3.05, 3.63) is 30.0 Å². The Hall–Kier alpha value is -1.88. The van der Waals surface area contributed by atoms with Crippen molar-refractivity contribution in [1.29, 1.82) is 0 Å². The Balaban J connectivity index is 1.45. The molecule has 5 heteroatoms. The number of hydrogen-bond acceptors (Lipinski definition) is 3. The summed E-state index contributed by atoms with van der Waals surface area (Å²) in [4.78, 5) is 14.7. The van der Waals surface area contributed by atoms with Gasteiger partial charge in [0.05, 0.1) is 5.52 Å². The lowest BCUT2D eigenvalue weighted by Gasteiger charge is -2.34. The fourth-order valence-electron chi connectivity index (χ4n) is 3.90. The van der Waals surface area contributed by atoms with Crippen LogP contribution in [0.15, 0.2) is 24.3 Å². The standard InChI is InChI=1S/C17H22N4O/c22-17(16-13-4-1-2-5-15(13)19-20-16)21-10-7-12(8-11-21)14-6-3-9-18-14/h1-2,4-5,12,14,18H,3,6-11H2,(H,19,20). The zero-order chi connectivity index (χ0) is 14.9. The maximum absolute atomic E-state index is 12.7. The molecule has 4 rings (SSSR count). The average Bonchev–Trinajstić information content (AvgIpc) is 3.24. The summed E-state index contributed by atoms with van der Waals surface area (Å²) in [6.07, 6.45) is 4.79. The van der Waals surface area contributed by atoms with Crippen LogP contribution in [0.1, 0.15) is 36.2 Å². The van der Waals surface area contributed by atoms with Crippen molar-refractivity contribution in [1.82, 2.24) is 20.4 Å². The monoisotopic (exact) mass is 298 g/mol. The Bertz CT molecular complexity index is 666. The minimum absolute atomic E-state index is 0.0651. The number of hydrogen-bond donors (Lipinski definition) is 2. The third-order valence-corrected chi connectivity index (χ3v) is 5.17. The average molecular weight is 298 g/mol. The fraction of sp³-hybridized carbons (Fsp3) is 0.529. The zero-order valence-corrected chi connectivity index (χ0v) is 12.7. The van der Waals surface area contributed by atoms with Crippen LogP contribution in [0.3, 0.4) is 0 Å². The fourth-order valence-corrected chi connectivity index (χ4v) is 3.90. The molecular formula is C17H22N4O. The number of rotatable bonds is 2. The van der Waals surface area contributed by atoms with E-state index in [4.69, 9.17) is 0 Å². The number of likely N-dealkylation sites (tertiary alicyclic amines) is 1. The Labute approximate surface area is 130 Å². The molecule has 1 atom stereocenters. The number of aromatic nitrogens is 2. The maximum atomic E-state index is 12.7. The number of aromatic amines is 1. The van der Waals surface area contributed by atoms with Crippen molar-refractivity contribution in [2.24, 2.45) is 5.92 Å². The smallest absolute Gasteiger partial charge is 0.274 e. The van der Waals surface area contributed by atoms with Crippen molar-refractivity contribution in [2.45, 2.75) is 31.7 Å². The van der Waals surface area contributed by atoms with Crippen LogP contribution in [0, 0.1) is 5.92 Å². The molecule has 5 nitrogen and oxygen atoms in total. The largest absolute Gasteiger partial charge is 0.337 e. The number of fused-ring (bicyclic) bond motifs is 1. The molecule has 2 saturated heterocycles. The van der Waals surface area contributed by atoms with Gasteiger partial charge in [-0.15, -0.1) is 0 Å². The van der Waals surface area contributed by atoms with E-state index in [2.05, 4.69) is 15.5 Å². The summed E-state index contributed by atoms with van der Waals surface area (Å²) in [5.74, 6) is 0.790. The maximum Gasteiger partial charge on any atom is 0.274 e. The number of carbonyl (C=O) groups excluding carboxylic acids is 1. The minimum atomic E-state index is 0.0651. The predicted molar refractivity (Wildman–Crippen MR) is 85.7 cm³/mol. The molecule has 1 amide bonds. The van der Waals surface area contributed by atoms with Gasteiger partial charge < -0.3 is 10.2 Å². The number of carbonyl (C=O) groups is 1. The van der Waals surface area contributed by atoms with E-state index in [1.165, 1.54) is 12.8 Å². The van der Waals surface area contributed by atoms with E-state index in [1.54, 1.807) is 0 Å². The van der Waals surface area contributed by atoms with Gasteiger partial charge in [-0.2, -0.15) is 5.10 Å². The summed E-state index contributed by atoms with van der Waals surface area (Å²) < 4.78 is 0. The normalized spacial score (nSPS) is 23.3. The molecule has 2 aliphatic rings. The molecule has 2 aliphatic heterocycles. The highest BCUT2D eigenvalue weighted by Crippen LogP contribution is 2.27. The number of para-hydroxylation sites is 1. The second-order valence-corrected chi connectivity index (χ2v) is 6.45. The summed E-state index contributed by atoms with van der Waals surface area (Å²) in [5, 5.41) is 11.7. The summed E-state index contributed by atoms with van der Waals surface area (Å²) in [6, 6.07) is 8.49. The predicted octanol–water partition coefficient (Wildman–Crippen LogP) is 2.17. The second-order valence-electron chi connectivity index (χ2n) is 6.45. The molecule has 1 aromatic heterocycles. The molecule has 2 aromatic rings. The van der Waals surface area contributed by atoms with Crippen molar-refractivity contribution in [3.8, 4) is 0 Å². The number of H-pyrrole nitrogens is 1. The lowest BCUT2D eigenvalue weighted by molar-refractivity contribution is 0.0670. The number of amides is 1. The lowest BCUT2D eigenvalue weighted by atomic mass is 9.88. The van der Waals surface area contributed by atoms with Gasteiger partial charge >= 0.3 is 0 Å². The molecule has 22 heavy (non-hydrogen) atoms. The number of nitrogens with one attached hydrogen (secondary N) is 2. The number of benzene rings is 1. The first-order valence-corrected chi connectivity index (χ1v) is 8.29. The molecule has 0 bridgehead atoms. The van der Waals surface area contributed by atoms with E-state index in [-0.39, 0.29) is 5.91 Å². The molecule has 3 heterocycles. The SMILES string of the molecule is O=C(c1n[nH]c2ccccc12)N1CCC(C2CCCN2)CC1. The highest BCUT2D eigenvalue weighted by atomic mass is 16.2. The molecular weight excluding hydrogens is 276 g/mol. The highest BCUT2D eigenvalue weighted by molar-refractivity contribution is 6.04. The van der Waals surface area contributed by atoms with E-state index in [0.717, 1.165) is 49.3 Å². The van der Waals surface area contributed by atoms with E-state index in [9.17, 15) is 4.79 Å². The molecule has 0 spiro atoms. The summed E-state index contributed by atoms with van der Waals surface area (Å²) in [6.45, 7) is 2.86. The molecule has 1 unspecified atom stereocenters. The van der Waals surface area contributed by atoms with Crippen LogP contribution in [0.2, 0.25) is 0 Å². The number of piperidine rings is 1. The van der Waals surface area contributed by atoms with Crippen LogP contribution in [0.25, 0.3) is 10.9 Å². The van der Waals surface area contributed by atoms with Crippen molar-refractivity contribution in [2.75, 3.05) is 19.6 Å². The van der Waals surface area contributed by atoms with E-state index < -0.39 is 0 Å². The van der Waals surface area contributed by atoms with Crippen LogP contribution >= 0.6 is 0 Å². The van der Waals surface area contributed by atoms with Crippen molar-refractivity contribution >= 4 is 16.8 Å². The quantitative estimate of drug-likeness (QED) is 0.893. The van der Waals surface area contributed by atoms with Crippen LogP contribution in [0.4, 0.5) is 0 Å².